The highest BCUT2D eigenvalue weighted by Crippen LogP contribution is 2.36. The summed E-state index contributed by atoms with van der Waals surface area (Å²) in [6.45, 7) is 3.83. The summed E-state index contributed by atoms with van der Waals surface area (Å²) in [6.07, 6.45) is 6.56. The maximum atomic E-state index is 12.7. The molecule has 1 aliphatic carbocycles. The van der Waals surface area contributed by atoms with Crippen molar-refractivity contribution in [2.45, 2.75) is 52.0 Å². The van der Waals surface area contributed by atoms with Crippen molar-refractivity contribution in [3.63, 3.8) is 0 Å². The first-order chi connectivity index (χ1) is 13.2. The lowest BCUT2D eigenvalue weighted by atomic mass is 9.80. The molecule has 0 amide bonds. The molecule has 0 saturated heterocycles. The molecule has 0 spiro atoms. The van der Waals surface area contributed by atoms with Crippen molar-refractivity contribution in [2.24, 2.45) is 5.41 Å². The number of carbonyl (C=O) groups excluding carboxylic acids is 1. The van der Waals surface area contributed by atoms with E-state index in [4.69, 9.17) is 4.74 Å². The fraction of sp³-hybridized carbons (Fsp3) is 0.458. The third-order valence-corrected chi connectivity index (χ3v) is 5.62. The first-order valence-electron chi connectivity index (χ1n) is 10.3. The molecule has 0 unspecified atom stereocenters. The fourth-order valence-electron chi connectivity index (χ4n) is 4.03. The molecule has 0 radical (unpaired) electrons. The Labute approximate surface area is 163 Å². The van der Waals surface area contributed by atoms with Gasteiger partial charge in [0.1, 0.15) is 0 Å². The minimum atomic E-state index is -0.351. The zero-order chi connectivity index (χ0) is 19.0. The quantitative estimate of drug-likeness (QED) is 0.531. The predicted molar refractivity (Wildman–Crippen MR) is 110 cm³/mol. The van der Waals surface area contributed by atoms with Crippen molar-refractivity contribution in [1.29, 1.82) is 0 Å². The summed E-state index contributed by atoms with van der Waals surface area (Å²) in [5.74, 6) is -0.0150. The van der Waals surface area contributed by atoms with Crippen molar-refractivity contribution in [3.8, 4) is 11.1 Å². The zero-order valence-corrected chi connectivity index (χ0v) is 16.4. The summed E-state index contributed by atoms with van der Waals surface area (Å²) in [6, 6.07) is 19.1. The molecule has 1 saturated carbocycles. The van der Waals surface area contributed by atoms with Gasteiger partial charge >= 0.3 is 5.97 Å². The molecular weight excluding hydrogens is 334 g/mol. The zero-order valence-electron chi connectivity index (χ0n) is 16.4. The van der Waals surface area contributed by atoms with Crippen molar-refractivity contribution in [3.05, 3.63) is 60.2 Å². The van der Waals surface area contributed by atoms with Gasteiger partial charge in [-0.25, -0.2) is 0 Å². The van der Waals surface area contributed by atoms with Crippen LogP contribution in [0.25, 0.3) is 11.1 Å². The number of hydrogen-bond acceptors (Lipinski definition) is 3. The van der Waals surface area contributed by atoms with Gasteiger partial charge in [-0.1, -0.05) is 80.3 Å². The smallest absolute Gasteiger partial charge is 0.313 e. The maximum absolute atomic E-state index is 12.7. The first-order valence-corrected chi connectivity index (χ1v) is 10.3. The monoisotopic (exact) mass is 365 g/mol. The van der Waals surface area contributed by atoms with Crippen molar-refractivity contribution >= 4 is 5.97 Å². The molecular formula is C24H31NO2. The van der Waals surface area contributed by atoms with Gasteiger partial charge in [0.05, 0.1) is 12.0 Å². The van der Waals surface area contributed by atoms with E-state index in [1.807, 2.05) is 13.0 Å². The molecule has 1 N–H and O–H groups in total. The molecule has 0 heterocycles. The maximum Gasteiger partial charge on any atom is 0.313 e. The summed E-state index contributed by atoms with van der Waals surface area (Å²) in [5, 5.41) is 3.54. The van der Waals surface area contributed by atoms with Crippen LogP contribution in [0.1, 0.15) is 51.0 Å². The average Bonchev–Trinajstić information content (AvgIpc) is 2.96. The minimum absolute atomic E-state index is 0.0150. The number of ether oxygens (including phenoxy) is 1. The minimum Gasteiger partial charge on any atom is -0.466 e. The lowest BCUT2D eigenvalue weighted by Gasteiger charge is -2.30. The van der Waals surface area contributed by atoms with Crippen molar-refractivity contribution in [2.75, 3.05) is 13.2 Å². The van der Waals surface area contributed by atoms with Gasteiger partial charge in [-0.3, -0.25) is 4.79 Å². The van der Waals surface area contributed by atoms with Gasteiger partial charge in [-0.15, -0.1) is 0 Å². The van der Waals surface area contributed by atoms with Crippen LogP contribution in [0.2, 0.25) is 0 Å². The second-order valence-electron chi connectivity index (χ2n) is 7.58. The lowest BCUT2D eigenvalue weighted by Crippen LogP contribution is -2.41. The van der Waals surface area contributed by atoms with Crippen LogP contribution in [-0.2, 0) is 16.1 Å². The second-order valence-corrected chi connectivity index (χ2v) is 7.58. The predicted octanol–water partition coefficient (Wildman–Crippen LogP) is 5.35. The highest BCUT2D eigenvalue weighted by atomic mass is 16.5. The Hall–Kier alpha value is -2.13. The summed E-state index contributed by atoms with van der Waals surface area (Å²) in [4.78, 5) is 12.7. The van der Waals surface area contributed by atoms with Gasteiger partial charge < -0.3 is 10.1 Å². The Kier molecular flexibility index (Phi) is 7.05. The third kappa shape index (κ3) is 5.20. The van der Waals surface area contributed by atoms with Crippen LogP contribution in [0.5, 0.6) is 0 Å². The van der Waals surface area contributed by atoms with Crippen LogP contribution in [0.3, 0.4) is 0 Å². The van der Waals surface area contributed by atoms with Crippen LogP contribution >= 0.6 is 0 Å². The molecule has 144 valence electrons. The molecule has 0 aromatic heterocycles. The van der Waals surface area contributed by atoms with Gasteiger partial charge in [0.2, 0.25) is 0 Å². The van der Waals surface area contributed by atoms with E-state index in [9.17, 15) is 4.79 Å². The van der Waals surface area contributed by atoms with Crippen LogP contribution in [0.15, 0.2) is 54.6 Å². The molecule has 27 heavy (non-hydrogen) atoms. The SMILES string of the molecule is CCOC(=O)C1(CNCc2ccc(-c3ccccc3)cc2)CCCCCC1. The Morgan fingerprint density at radius 1 is 0.926 bits per heavy atom. The van der Waals surface area contributed by atoms with Crippen molar-refractivity contribution < 1.29 is 9.53 Å². The molecule has 0 bridgehead atoms. The Morgan fingerprint density at radius 2 is 1.56 bits per heavy atom. The van der Waals surface area contributed by atoms with E-state index in [0.717, 1.165) is 32.2 Å². The van der Waals surface area contributed by atoms with Crippen molar-refractivity contribution in [1.82, 2.24) is 5.32 Å². The molecule has 1 aliphatic rings. The van der Waals surface area contributed by atoms with E-state index in [0.29, 0.717) is 13.2 Å². The number of hydrogen-bond donors (Lipinski definition) is 1. The number of benzene rings is 2. The average molecular weight is 366 g/mol. The van der Waals surface area contributed by atoms with Crippen LogP contribution in [0.4, 0.5) is 0 Å². The van der Waals surface area contributed by atoms with Gasteiger partial charge in [0.15, 0.2) is 0 Å². The topological polar surface area (TPSA) is 38.3 Å². The molecule has 3 heteroatoms. The van der Waals surface area contributed by atoms with Gasteiger partial charge in [-0.2, -0.15) is 0 Å². The highest BCUT2D eigenvalue weighted by Gasteiger charge is 2.39. The number of rotatable bonds is 7. The first kappa shape index (κ1) is 19.6. The summed E-state index contributed by atoms with van der Waals surface area (Å²) < 4.78 is 5.43. The lowest BCUT2D eigenvalue weighted by molar-refractivity contribution is -0.156. The normalized spacial score (nSPS) is 16.5. The van der Waals surface area contributed by atoms with Gasteiger partial charge in [0.25, 0.3) is 0 Å². The van der Waals surface area contributed by atoms with Gasteiger partial charge in [0, 0.05) is 13.1 Å². The van der Waals surface area contributed by atoms with Crippen LogP contribution < -0.4 is 5.32 Å². The standard InChI is InChI=1S/C24H31NO2/c1-2-27-23(26)24(16-8-3-4-9-17-24)19-25-18-20-12-14-22(15-13-20)21-10-6-5-7-11-21/h5-7,10-15,25H,2-4,8-9,16-19H2,1H3. The second kappa shape index (κ2) is 9.70. The number of esters is 1. The molecule has 0 atom stereocenters. The van der Waals surface area contributed by atoms with E-state index in [-0.39, 0.29) is 11.4 Å². The molecule has 1 fully saturated rings. The highest BCUT2D eigenvalue weighted by molar-refractivity contribution is 5.77. The largest absolute Gasteiger partial charge is 0.466 e. The molecule has 3 rings (SSSR count). The Bertz CT molecular complexity index is 701. The molecule has 3 nitrogen and oxygen atoms in total. The number of nitrogens with one attached hydrogen (secondary N) is 1. The van der Waals surface area contributed by atoms with Crippen LogP contribution in [-0.4, -0.2) is 19.1 Å². The van der Waals surface area contributed by atoms with E-state index in [1.165, 1.54) is 29.5 Å². The number of carbonyl (C=O) groups is 1. The molecule has 0 aliphatic heterocycles. The third-order valence-electron chi connectivity index (χ3n) is 5.62. The Balaban J connectivity index is 1.60. The summed E-state index contributed by atoms with van der Waals surface area (Å²) in [5.41, 5.74) is 3.35. The fourth-order valence-corrected chi connectivity index (χ4v) is 4.03. The van der Waals surface area contributed by atoms with Gasteiger partial charge in [-0.05, 0) is 36.5 Å². The molecule has 2 aromatic rings. The Morgan fingerprint density at radius 3 is 2.19 bits per heavy atom. The summed E-state index contributed by atoms with van der Waals surface area (Å²) >= 11 is 0. The van der Waals surface area contributed by atoms with E-state index in [1.54, 1.807) is 0 Å². The van der Waals surface area contributed by atoms with E-state index < -0.39 is 0 Å². The summed E-state index contributed by atoms with van der Waals surface area (Å²) in [7, 11) is 0. The molecule has 2 aromatic carbocycles. The van der Waals surface area contributed by atoms with E-state index in [2.05, 4.69) is 53.8 Å². The van der Waals surface area contributed by atoms with E-state index >= 15 is 0 Å². The van der Waals surface area contributed by atoms with Crippen LogP contribution in [0, 0.1) is 5.41 Å².